The Kier molecular flexibility index (Phi) is 4.69. The Morgan fingerprint density at radius 3 is 2.42 bits per heavy atom. The molecule has 31 heavy (non-hydrogen) atoms. The van der Waals surface area contributed by atoms with Gasteiger partial charge >= 0.3 is 11.9 Å². The Morgan fingerprint density at radius 1 is 1.13 bits per heavy atom. The zero-order chi connectivity index (χ0) is 22.9. The number of esters is 2. The van der Waals surface area contributed by atoms with Crippen LogP contribution in [0.5, 0.6) is 0 Å². The molecule has 0 aromatic carbocycles. The largest absolute Gasteiger partial charge is 0.465 e. The number of hydrogen-bond donors (Lipinski definition) is 0. The molecule has 3 saturated carbocycles. The van der Waals surface area contributed by atoms with Gasteiger partial charge < -0.3 is 9.47 Å². The first kappa shape index (κ1) is 21.7. The molecular formula is C24H28O7. The van der Waals surface area contributed by atoms with Crippen molar-refractivity contribution in [2.45, 2.75) is 53.1 Å². The summed E-state index contributed by atoms with van der Waals surface area (Å²) in [5.74, 6) is -3.86. The average molecular weight is 428 g/mol. The Bertz CT molecular complexity index is 957. The molecule has 166 valence electrons. The summed E-state index contributed by atoms with van der Waals surface area (Å²) in [7, 11) is 0. The fourth-order valence-electron chi connectivity index (χ4n) is 6.95. The normalized spacial score (nSPS) is 40.3. The highest BCUT2D eigenvalue weighted by Gasteiger charge is 2.77. The van der Waals surface area contributed by atoms with Gasteiger partial charge in [-0.05, 0) is 48.2 Å². The Labute approximate surface area is 181 Å². The van der Waals surface area contributed by atoms with E-state index in [9.17, 15) is 24.0 Å². The smallest absolute Gasteiger partial charge is 0.303 e. The molecule has 6 atom stereocenters. The molecule has 3 fully saturated rings. The summed E-state index contributed by atoms with van der Waals surface area (Å²) in [5, 5.41) is 0. The lowest BCUT2D eigenvalue weighted by molar-refractivity contribution is -0.208. The van der Waals surface area contributed by atoms with Gasteiger partial charge in [-0.3, -0.25) is 24.0 Å². The number of allylic oxidation sites excluding steroid dienone is 3. The van der Waals surface area contributed by atoms with Crippen LogP contribution in [0, 0.1) is 34.0 Å². The molecule has 7 nitrogen and oxygen atoms in total. The lowest BCUT2D eigenvalue weighted by Gasteiger charge is -2.61. The fraction of sp³-hybridized carbons (Fsp3) is 0.625. The van der Waals surface area contributed by atoms with E-state index in [0.717, 1.165) is 0 Å². The Hall–Kier alpha value is -2.57. The minimum Gasteiger partial charge on any atom is -0.465 e. The lowest BCUT2D eigenvalue weighted by Crippen LogP contribution is -2.71. The summed E-state index contributed by atoms with van der Waals surface area (Å²) in [6, 6.07) is 0. The Balaban J connectivity index is 2.01. The van der Waals surface area contributed by atoms with Crippen molar-refractivity contribution in [3.05, 3.63) is 24.3 Å². The van der Waals surface area contributed by atoms with Crippen LogP contribution in [-0.4, -0.2) is 42.0 Å². The molecule has 0 N–H and O–H groups in total. The number of hydrogen-bond acceptors (Lipinski definition) is 7. The molecule has 0 unspecified atom stereocenters. The van der Waals surface area contributed by atoms with E-state index in [0.29, 0.717) is 18.4 Å². The van der Waals surface area contributed by atoms with Crippen LogP contribution in [0.3, 0.4) is 0 Å². The van der Waals surface area contributed by atoms with Gasteiger partial charge in [0.25, 0.3) is 0 Å². The van der Waals surface area contributed by atoms with Crippen molar-refractivity contribution >= 4 is 29.3 Å². The number of carbonyl (C=O) groups is 5. The topological polar surface area (TPSA) is 104 Å². The summed E-state index contributed by atoms with van der Waals surface area (Å²) in [5.41, 5.74) is -3.14. The van der Waals surface area contributed by atoms with Crippen LogP contribution in [0.4, 0.5) is 0 Å². The first-order valence-corrected chi connectivity index (χ1v) is 10.7. The van der Waals surface area contributed by atoms with Gasteiger partial charge in [0.1, 0.15) is 12.0 Å². The monoisotopic (exact) mass is 428 g/mol. The second kappa shape index (κ2) is 6.71. The van der Waals surface area contributed by atoms with E-state index in [1.54, 1.807) is 6.08 Å². The average Bonchev–Trinajstić information content (AvgIpc) is 2.87. The molecule has 2 bridgehead atoms. The predicted molar refractivity (Wildman–Crippen MR) is 108 cm³/mol. The molecule has 0 amide bonds. The summed E-state index contributed by atoms with van der Waals surface area (Å²) in [6.45, 7) is 9.87. The van der Waals surface area contributed by atoms with Crippen LogP contribution in [0.15, 0.2) is 24.3 Å². The van der Waals surface area contributed by atoms with Crippen LogP contribution in [0.25, 0.3) is 0 Å². The molecule has 4 aliphatic carbocycles. The zero-order valence-electron chi connectivity index (χ0n) is 18.4. The van der Waals surface area contributed by atoms with Gasteiger partial charge in [-0.25, -0.2) is 0 Å². The SMILES string of the molecule is C=C1C(=O)[C@]23C[C@H]1CC[C@H]2[C@]1(COC(C)=O)C(=O)C=CC(C)(C)[C@H]1[C@H](OC(C)=O)C3=O. The highest BCUT2D eigenvalue weighted by atomic mass is 16.5. The van der Waals surface area contributed by atoms with Crippen molar-refractivity contribution in [2.24, 2.45) is 34.0 Å². The van der Waals surface area contributed by atoms with Crippen molar-refractivity contribution in [3.8, 4) is 0 Å². The number of ether oxygens (including phenoxy) is 2. The Morgan fingerprint density at radius 2 is 1.81 bits per heavy atom. The first-order valence-electron chi connectivity index (χ1n) is 10.7. The minimum absolute atomic E-state index is 0.129. The molecule has 7 heteroatoms. The minimum atomic E-state index is -1.48. The second-order valence-corrected chi connectivity index (χ2v) is 10.1. The quantitative estimate of drug-likeness (QED) is 0.386. The molecule has 0 radical (unpaired) electrons. The van der Waals surface area contributed by atoms with Gasteiger partial charge in [-0.2, -0.15) is 0 Å². The molecule has 0 aliphatic heterocycles. The fourth-order valence-corrected chi connectivity index (χ4v) is 6.95. The number of Topliss-reactive ketones (excluding diaryl/α,β-unsaturated/α-hetero) is 2. The van der Waals surface area contributed by atoms with Crippen molar-refractivity contribution in [1.29, 1.82) is 0 Å². The molecular weight excluding hydrogens is 400 g/mol. The zero-order valence-corrected chi connectivity index (χ0v) is 18.4. The van der Waals surface area contributed by atoms with E-state index in [4.69, 9.17) is 9.47 Å². The van der Waals surface area contributed by atoms with E-state index in [2.05, 4.69) is 6.58 Å². The molecule has 4 aliphatic rings. The third-order valence-corrected chi connectivity index (χ3v) is 8.07. The molecule has 4 rings (SSSR count). The van der Waals surface area contributed by atoms with Gasteiger partial charge in [0, 0.05) is 19.8 Å². The van der Waals surface area contributed by atoms with Gasteiger partial charge in [0.2, 0.25) is 0 Å². The third kappa shape index (κ3) is 2.68. The van der Waals surface area contributed by atoms with Gasteiger partial charge in [-0.15, -0.1) is 0 Å². The van der Waals surface area contributed by atoms with Crippen LogP contribution >= 0.6 is 0 Å². The lowest BCUT2D eigenvalue weighted by atomic mass is 9.40. The predicted octanol–water partition coefficient (Wildman–Crippen LogP) is 2.37. The summed E-state index contributed by atoms with van der Waals surface area (Å²) in [6.07, 6.45) is 3.25. The van der Waals surface area contributed by atoms with E-state index >= 15 is 0 Å². The summed E-state index contributed by atoms with van der Waals surface area (Å²) in [4.78, 5) is 65.0. The highest BCUT2D eigenvalue weighted by Crippen LogP contribution is 2.68. The van der Waals surface area contributed by atoms with E-state index in [-0.39, 0.29) is 30.5 Å². The van der Waals surface area contributed by atoms with Gasteiger partial charge in [0.15, 0.2) is 23.5 Å². The molecule has 0 saturated heterocycles. The van der Waals surface area contributed by atoms with Crippen LogP contribution in [-0.2, 0) is 33.4 Å². The maximum Gasteiger partial charge on any atom is 0.303 e. The molecule has 0 heterocycles. The van der Waals surface area contributed by atoms with Crippen molar-refractivity contribution < 1.29 is 33.4 Å². The molecule has 0 aromatic rings. The maximum absolute atomic E-state index is 14.0. The third-order valence-electron chi connectivity index (χ3n) is 8.07. The maximum atomic E-state index is 14.0. The first-order chi connectivity index (χ1) is 14.4. The summed E-state index contributed by atoms with van der Waals surface area (Å²) < 4.78 is 11.0. The standard InChI is InChI=1S/C24H28O7/c1-12-15-6-7-16-23(10-15,20(12)28)21(29)18(31-14(3)26)19-22(4,5)9-8-17(27)24(16,19)11-30-13(2)25/h8-9,15-16,18-19H,1,6-7,10-11H2,2-5H3/t15-,16-,18+,19-,23+,24-/m1/s1. The van der Waals surface area contributed by atoms with E-state index < -0.39 is 51.9 Å². The number of carbonyl (C=O) groups excluding carboxylic acids is 5. The van der Waals surface area contributed by atoms with Crippen molar-refractivity contribution in [1.82, 2.24) is 0 Å². The summed E-state index contributed by atoms with van der Waals surface area (Å²) >= 11 is 0. The number of ketones is 3. The van der Waals surface area contributed by atoms with E-state index in [1.807, 2.05) is 13.8 Å². The van der Waals surface area contributed by atoms with Crippen molar-refractivity contribution in [3.63, 3.8) is 0 Å². The molecule has 1 spiro atoms. The van der Waals surface area contributed by atoms with Gasteiger partial charge in [-0.1, -0.05) is 26.5 Å². The van der Waals surface area contributed by atoms with Crippen LogP contribution in [0.2, 0.25) is 0 Å². The highest BCUT2D eigenvalue weighted by molar-refractivity contribution is 6.20. The van der Waals surface area contributed by atoms with Gasteiger partial charge in [0.05, 0.1) is 5.41 Å². The molecule has 0 aromatic heterocycles. The van der Waals surface area contributed by atoms with Crippen LogP contribution in [0.1, 0.15) is 47.0 Å². The number of fused-ring (bicyclic) bond motifs is 3. The van der Waals surface area contributed by atoms with E-state index in [1.165, 1.54) is 19.9 Å². The number of rotatable bonds is 3. The van der Waals surface area contributed by atoms with Crippen molar-refractivity contribution in [2.75, 3.05) is 6.61 Å². The second-order valence-electron chi connectivity index (χ2n) is 10.1. The van der Waals surface area contributed by atoms with Crippen LogP contribution < -0.4 is 0 Å².